The molecule has 1 fully saturated rings. The lowest BCUT2D eigenvalue weighted by atomic mass is 10.0. The van der Waals surface area contributed by atoms with Gasteiger partial charge in [0.1, 0.15) is 5.82 Å². The highest BCUT2D eigenvalue weighted by Crippen LogP contribution is 2.50. The molecule has 0 atom stereocenters. The zero-order valence-electron chi connectivity index (χ0n) is 10.1. The van der Waals surface area contributed by atoms with E-state index in [4.69, 9.17) is 23.8 Å². The lowest BCUT2D eigenvalue weighted by Crippen LogP contribution is -2.10. The molecule has 0 unspecified atom stereocenters. The van der Waals surface area contributed by atoms with E-state index in [1.807, 2.05) is 4.57 Å². The van der Waals surface area contributed by atoms with Crippen LogP contribution in [0.4, 0.5) is 4.39 Å². The summed E-state index contributed by atoms with van der Waals surface area (Å²) in [4.78, 5) is 3.05. The van der Waals surface area contributed by atoms with Gasteiger partial charge in [-0.2, -0.15) is 0 Å². The third kappa shape index (κ3) is 1.88. The number of imidazole rings is 1. The van der Waals surface area contributed by atoms with Crippen LogP contribution in [0, 0.1) is 16.0 Å². The van der Waals surface area contributed by atoms with Gasteiger partial charge in [0.2, 0.25) is 0 Å². The van der Waals surface area contributed by atoms with Crippen molar-refractivity contribution in [2.24, 2.45) is 5.41 Å². The van der Waals surface area contributed by atoms with Gasteiger partial charge in [0.25, 0.3) is 0 Å². The summed E-state index contributed by atoms with van der Waals surface area (Å²) in [5.41, 5.74) is 1.99. The quantitative estimate of drug-likeness (QED) is 0.812. The van der Waals surface area contributed by atoms with Crippen LogP contribution >= 0.6 is 23.8 Å². The molecule has 0 amide bonds. The molecule has 1 aliphatic carbocycles. The van der Waals surface area contributed by atoms with E-state index in [9.17, 15) is 4.39 Å². The molecule has 2 nitrogen and oxygen atoms in total. The molecule has 1 saturated carbocycles. The topological polar surface area (TPSA) is 20.7 Å². The van der Waals surface area contributed by atoms with Crippen LogP contribution in [0.2, 0.25) is 5.02 Å². The predicted octanol–water partition coefficient (Wildman–Crippen LogP) is 4.68. The Morgan fingerprint density at radius 2 is 2.22 bits per heavy atom. The maximum Gasteiger partial charge on any atom is 0.178 e. The number of aromatic amines is 1. The molecule has 3 rings (SSSR count). The maximum absolute atomic E-state index is 13.4. The smallest absolute Gasteiger partial charge is 0.178 e. The summed E-state index contributed by atoms with van der Waals surface area (Å²) in [7, 11) is 0. The van der Waals surface area contributed by atoms with E-state index in [0.29, 0.717) is 15.7 Å². The second-order valence-corrected chi connectivity index (χ2v) is 5.95. The second-order valence-electron chi connectivity index (χ2n) is 5.15. The number of rotatable bonds is 3. The van der Waals surface area contributed by atoms with Gasteiger partial charge in [0.15, 0.2) is 4.77 Å². The Hall–Kier alpha value is -0.870. The molecule has 0 spiro atoms. The molecule has 2 aromatic rings. The van der Waals surface area contributed by atoms with Crippen molar-refractivity contribution in [2.75, 3.05) is 0 Å². The van der Waals surface area contributed by atoms with Crippen LogP contribution in [-0.2, 0) is 6.54 Å². The van der Waals surface area contributed by atoms with E-state index in [1.165, 1.54) is 18.9 Å². The molecule has 1 aromatic carbocycles. The van der Waals surface area contributed by atoms with E-state index in [0.717, 1.165) is 18.5 Å². The van der Waals surface area contributed by atoms with Gasteiger partial charge in [-0.1, -0.05) is 18.5 Å². The highest BCUT2D eigenvalue weighted by Gasteiger charge is 2.41. The van der Waals surface area contributed by atoms with Crippen molar-refractivity contribution >= 4 is 34.9 Å². The Bertz CT molecular complexity index is 669. The van der Waals surface area contributed by atoms with Crippen molar-refractivity contribution in [3.63, 3.8) is 0 Å². The van der Waals surface area contributed by atoms with Crippen molar-refractivity contribution < 1.29 is 4.39 Å². The van der Waals surface area contributed by atoms with E-state index < -0.39 is 5.82 Å². The van der Waals surface area contributed by atoms with Crippen LogP contribution < -0.4 is 0 Å². The van der Waals surface area contributed by atoms with Crippen LogP contribution in [0.3, 0.4) is 0 Å². The number of hydrogen-bond acceptors (Lipinski definition) is 1. The first-order valence-corrected chi connectivity index (χ1v) is 6.91. The van der Waals surface area contributed by atoms with Gasteiger partial charge < -0.3 is 9.55 Å². The number of hydrogen-bond donors (Lipinski definition) is 1. The molecule has 0 bridgehead atoms. The number of aromatic nitrogens is 2. The molecule has 5 heteroatoms. The van der Waals surface area contributed by atoms with Gasteiger partial charge in [-0.05, 0) is 43.0 Å². The Morgan fingerprint density at radius 3 is 2.83 bits per heavy atom. The van der Waals surface area contributed by atoms with Gasteiger partial charge in [-0.25, -0.2) is 4.39 Å². The van der Waals surface area contributed by atoms with Gasteiger partial charge in [0.05, 0.1) is 16.1 Å². The van der Waals surface area contributed by atoms with Gasteiger partial charge >= 0.3 is 0 Å². The van der Waals surface area contributed by atoms with Crippen molar-refractivity contribution in [1.82, 2.24) is 9.55 Å². The summed E-state index contributed by atoms with van der Waals surface area (Å²) in [6.07, 6.45) is 3.64. The standard InChI is InChI=1S/C13H14ClFN2S/c1-2-13(3-4-13)7-17-11-5-8(14)9(15)6-10(11)16-12(17)18/h5-6H,2-4,7H2,1H3,(H,16,18). The molecule has 1 heterocycles. The molecule has 0 aliphatic heterocycles. The summed E-state index contributed by atoms with van der Waals surface area (Å²) >= 11 is 11.2. The van der Waals surface area contributed by atoms with E-state index in [-0.39, 0.29) is 5.02 Å². The largest absolute Gasteiger partial charge is 0.330 e. The second kappa shape index (κ2) is 4.07. The highest BCUT2D eigenvalue weighted by molar-refractivity contribution is 7.71. The molecule has 0 radical (unpaired) electrons. The maximum atomic E-state index is 13.4. The molecule has 1 N–H and O–H groups in total. The number of H-pyrrole nitrogens is 1. The summed E-state index contributed by atoms with van der Waals surface area (Å²) in [6, 6.07) is 3.07. The summed E-state index contributed by atoms with van der Waals surface area (Å²) in [5, 5.41) is 0.145. The number of benzene rings is 1. The lowest BCUT2D eigenvalue weighted by molar-refractivity contribution is 0.412. The fourth-order valence-electron chi connectivity index (χ4n) is 2.44. The third-order valence-electron chi connectivity index (χ3n) is 4.02. The highest BCUT2D eigenvalue weighted by atomic mass is 35.5. The van der Waals surface area contributed by atoms with Crippen LogP contribution in [0.25, 0.3) is 11.0 Å². The number of fused-ring (bicyclic) bond motifs is 1. The molecule has 1 aliphatic rings. The number of nitrogens with zero attached hydrogens (tertiary/aromatic N) is 1. The van der Waals surface area contributed by atoms with Crippen LogP contribution in [0.5, 0.6) is 0 Å². The molecule has 0 saturated heterocycles. The van der Waals surface area contributed by atoms with Gasteiger partial charge in [-0.15, -0.1) is 0 Å². The molecular weight excluding hydrogens is 271 g/mol. The summed E-state index contributed by atoms with van der Waals surface area (Å²) in [5.74, 6) is -0.413. The van der Waals surface area contributed by atoms with E-state index in [1.54, 1.807) is 6.07 Å². The Balaban J connectivity index is 2.13. The Morgan fingerprint density at radius 1 is 1.50 bits per heavy atom. The van der Waals surface area contributed by atoms with Crippen molar-refractivity contribution in [3.8, 4) is 0 Å². The third-order valence-corrected chi connectivity index (χ3v) is 4.63. The average Bonchev–Trinajstić information content (AvgIpc) is 3.05. The van der Waals surface area contributed by atoms with Crippen LogP contribution in [0.15, 0.2) is 12.1 Å². The molecule has 18 heavy (non-hydrogen) atoms. The van der Waals surface area contributed by atoms with Crippen LogP contribution in [0.1, 0.15) is 26.2 Å². The Kier molecular flexibility index (Phi) is 2.75. The van der Waals surface area contributed by atoms with Crippen molar-refractivity contribution in [2.45, 2.75) is 32.7 Å². The summed E-state index contributed by atoms with van der Waals surface area (Å²) in [6.45, 7) is 3.10. The SMILES string of the molecule is CCC1(Cn2c(=S)[nH]c3cc(F)c(Cl)cc32)CC1. The zero-order chi connectivity index (χ0) is 12.9. The number of nitrogens with one attached hydrogen (secondary N) is 1. The fourth-order valence-corrected chi connectivity index (χ4v) is 2.88. The molecule has 1 aromatic heterocycles. The van der Waals surface area contributed by atoms with Crippen molar-refractivity contribution in [3.05, 3.63) is 27.7 Å². The first-order valence-electron chi connectivity index (χ1n) is 6.12. The monoisotopic (exact) mass is 284 g/mol. The first kappa shape index (κ1) is 12.2. The average molecular weight is 285 g/mol. The fraction of sp³-hybridized carbons (Fsp3) is 0.462. The van der Waals surface area contributed by atoms with E-state index >= 15 is 0 Å². The summed E-state index contributed by atoms with van der Waals surface area (Å²) < 4.78 is 16.1. The minimum atomic E-state index is -0.413. The molecular formula is C13H14ClFN2S. The van der Waals surface area contributed by atoms with Gasteiger partial charge in [-0.3, -0.25) is 0 Å². The predicted molar refractivity (Wildman–Crippen MR) is 74.0 cm³/mol. The van der Waals surface area contributed by atoms with Crippen molar-refractivity contribution in [1.29, 1.82) is 0 Å². The van der Waals surface area contributed by atoms with Crippen LogP contribution in [-0.4, -0.2) is 9.55 Å². The Labute approximate surface area is 115 Å². The van der Waals surface area contributed by atoms with Gasteiger partial charge in [0, 0.05) is 12.6 Å². The first-order chi connectivity index (χ1) is 8.54. The lowest BCUT2D eigenvalue weighted by Gasteiger charge is -2.14. The van der Waals surface area contributed by atoms with E-state index in [2.05, 4.69) is 11.9 Å². The minimum absolute atomic E-state index is 0.145. The number of halogens is 2. The normalized spacial score (nSPS) is 17.3. The minimum Gasteiger partial charge on any atom is -0.330 e. The molecule has 96 valence electrons. The zero-order valence-corrected chi connectivity index (χ0v) is 11.7.